The molecule has 1 heterocycles. The number of benzene rings is 2. The number of carbonyl (C=O) groups is 1. The third-order valence-electron chi connectivity index (χ3n) is 4.56. The standard InChI is InChI=1S/C21H22ClN5O5S/c1-4-26-20(13(2)32-16-8-6-15(31-3)7-9-16)24-25-21(26)33-12-19(28)23-14-5-10-17(22)18(11-14)27(29)30/h5-11,13H,4,12H2,1-3H3,(H,23,28). The van der Waals surface area contributed by atoms with Crippen LogP contribution in [0.4, 0.5) is 11.4 Å². The Morgan fingerprint density at radius 3 is 2.58 bits per heavy atom. The lowest BCUT2D eigenvalue weighted by Crippen LogP contribution is -2.15. The summed E-state index contributed by atoms with van der Waals surface area (Å²) in [5.41, 5.74) is 0.0131. The molecule has 1 aromatic heterocycles. The van der Waals surface area contributed by atoms with Crippen LogP contribution in [0.15, 0.2) is 47.6 Å². The van der Waals surface area contributed by atoms with Gasteiger partial charge in [0.05, 0.1) is 17.8 Å². The summed E-state index contributed by atoms with van der Waals surface area (Å²) in [6, 6.07) is 11.3. The van der Waals surface area contributed by atoms with Crippen molar-refractivity contribution in [1.29, 1.82) is 0 Å². The van der Waals surface area contributed by atoms with Gasteiger partial charge in [-0.3, -0.25) is 14.9 Å². The Bertz CT molecular complexity index is 1140. The fraction of sp³-hybridized carbons (Fsp3) is 0.286. The van der Waals surface area contributed by atoms with Crippen molar-refractivity contribution in [3.8, 4) is 11.5 Å². The van der Waals surface area contributed by atoms with Crippen molar-refractivity contribution >= 4 is 40.6 Å². The zero-order valence-corrected chi connectivity index (χ0v) is 19.7. The van der Waals surface area contributed by atoms with Crippen LogP contribution in [0.25, 0.3) is 0 Å². The Morgan fingerprint density at radius 2 is 1.94 bits per heavy atom. The second-order valence-corrected chi connectivity index (χ2v) is 8.13. The van der Waals surface area contributed by atoms with Gasteiger partial charge in [-0.2, -0.15) is 0 Å². The van der Waals surface area contributed by atoms with E-state index in [4.69, 9.17) is 21.1 Å². The number of nitro groups is 1. The maximum Gasteiger partial charge on any atom is 0.289 e. The van der Waals surface area contributed by atoms with Crippen molar-refractivity contribution in [3.05, 3.63) is 63.4 Å². The van der Waals surface area contributed by atoms with Crippen LogP contribution in [-0.4, -0.2) is 38.5 Å². The summed E-state index contributed by atoms with van der Waals surface area (Å²) < 4.78 is 13.0. The molecule has 0 aliphatic heterocycles. The van der Waals surface area contributed by atoms with E-state index in [2.05, 4.69) is 15.5 Å². The van der Waals surface area contributed by atoms with Crippen molar-refractivity contribution in [2.24, 2.45) is 0 Å². The SMILES string of the molecule is CCn1c(SCC(=O)Nc2ccc(Cl)c([N+](=O)[O-])c2)nnc1C(C)Oc1ccc(OC)cc1. The molecule has 3 aromatic rings. The van der Waals surface area contributed by atoms with Crippen LogP contribution in [-0.2, 0) is 11.3 Å². The van der Waals surface area contributed by atoms with E-state index in [0.29, 0.717) is 23.3 Å². The van der Waals surface area contributed by atoms with Gasteiger partial charge in [-0.25, -0.2) is 0 Å². The molecule has 0 saturated heterocycles. The summed E-state index contributed by atoms with van der Waals surface area (Å²) in [6.07, 6.45) is -0.372. The van der Waals surface area contributed by atoms with Crippen LogP contribution in [0.5, 0.6) is 11.5 Å². The number of nitro benzene ring substituents is 1. The number of ether oxygens (including phenoxy) is 2. The molecule has 1 unspecified atom stereocenters. The smallest absolute Gasteiger partial charge is 0.289 e. The number of carbonyl (C=O) groups excluding carboxylic acids is 1. The molecule has 0 aliphatic carbocycles. The number of rotatable bonds is 10. The van der Waals surface area contributed by atoms with E-state index in [9.17, 15) is 14.9 Å². The Labute approximate surface area is 199 Å². The van der Waals surface area contributed by atoms with Crippen LogP contribution in [0, 0.1) is 10.1 Å². The average molecular weight is 492 g/mol. The fourth-order valence-corrected chi connectivity index (χ4v) is 3.97. The minimum absolute atomic E-state index is 0.00179. The Hall–Kier alpha value is -3.31. The van der Waals surface area contributed by atoms with E-state index in [1.807, 2.05) is 42.7 Å². The van der Waals surface area contributed by atoms with Crippen molar-refractivity contribution in [1.82, 2.24) is 14.8 Å². The highest BCUT2D eigenvalue weighted by Crippen LogP contribution is 2.28. The average Bonchev–Trinajstić information content (AvgIpc) is 3.22. The first kappa shape index (κ1) is 24.3. The summed E-state index contributed by atoms with van der Waals surface area (Å²) in [7, 11) is 1.60. The van der Waals surface area contributed by atoms with Gasteiger partial charge in [-0.05, 0) is 50.2 Å². The van der Waals surface area contributed by atoms with Gasteiger partial charge in [-0.1, -0.05) is 23.4 Å². The summed E-state index contributed by atoms with van der Waals surface area (Å²) >= 11 is 7.01. The highest BCUT2D eigenvalue weighted by atomic mass is 35.5. The monoisotopic (exact) mass is 491 g/mol. The van der Waals surface area contributed by atoms with Crippen LogP contribution in [0.2, 0.25) is 5.02 Å². The number of hydrogen-bond donors (Lipinski definition) is 1. The van der Waals surface area contributed by atoms with Gasteiger partial charge >= 0.3 is 0 Å². The maximum absolute atomic E-state index is 12.4. The number of halogens is 1. The Morgan fingerprint density at radius 1 is 1.24 bits per heavy atom. The number of thioether (sulfide) groups is 1. The number of amides is 1. The van der Waals surface area contributed by atoms with E-state index < -0.39 is 4.92 Å². The normalized spacial score (nSPS) is 11.6. The first-order valence-corrected chi connectivity index (χ1v) is 11.3. The van der Waals surface area contributed by atoms with E-state index in [1.165, 1.54) is 30.0 Å². The number of nitrogens with zero attached hydrogens (tertiary/aromatic N) is 4. The number of hydrogen-bond acceptors (Lipinski definition) is 8. The predicted octanol–water partition coefficient (Wildman–Crippen LogP) is 4.74. The molecule has 0 saturated carbocycles. The molecule has 10 nitrogen and oxygen atoms in total. The van der Waals surface area contributed by atoms with Crippen molar-refractivity contribution < 1.29 is 19.2 Å². The molecule has 2 aromatic carbocycles. The van der Waals surface area contributed by atoms with Crippen LogP contribution >= 0.6 is 23.4 Å². The molecule has 3 rings (SSSR count). The third kappa shape index (κ3) is 6.14. The molecule has 0 aliphatic rings. The number of nitrogens with one attached hydrogen (secondary N) is 1. The Kier molecular flexibility index (Phi) is 8.12. The molecule has 0 radical (unpaired) electrons. The molecule has 33 heavy (non-hydrogen) atoms. The molecular weight excluding hydrogens is 470 g/mol. The van der Waals surface area contributed by atoms with E-state index >= 15 is 0 Å². The molecular formula is C21H22ClN5O5S. The number of methoxy groups -OCH3 is 1. The maximum atomic E-state index is 12.4. The van der Waals surface area contributed by atoms with Crippen LogP contribution < -0.4 is 14.8 Å². The highest BCUT2D eigenvalue weighted by molar-refractivity contribution is 7.99. The molecule has 1 atom stereocenters. The lowest BCUT2D eigenvalue weighted by atomic mass is 10.3. The molecule has 1 amide bonds. The lowest BCUT2D eigenvalue weighted by molar-refractivity contribution is -0.384. The van der Waals surface area contributed by atoms with Gasteiger partial charge in [0.1, 0.15) is 16.5 Å². The van der Waals surface area contributed by atoms with E-state index in [0.717, 1.165) is 5.75 Å². The summed E-state index contributed by atoms with van der Waals surface area (Å²) in [4.78, 5) is 22.8. The van der Waals surface area contributed by atoms with Gasteiger partial charge in [-0.15, -0.1) is 10.2 Å². The number of anilines is 1. The molecule has 0 spiro atoms. The largest absolute Gasteiger partial charge is 0.497 e. The second-order valence-electron chi connectivity index (χ2n) is 6.78. The van der Waals surface area contributed by atoms with Crippen LogP contribution in [0.3, 0.4) is 0 Å². The highest BCUT2D eigenvalue weighted by Gasteiger charge is 2.20. The summed E-state index contributed by atoms with van der Waals surface area (Å²) in [5, 5.41) is 22.6. The minimum atomic E-state index is -0.604. The molecule has 0 fully saturated rings. The second kappa shape index (κ2) is 11.0. The van der Waals surface area contributed by atoms with E-state index in [1.54, 1.807) is 7.11 Å². The first-order chi connectivity index (χ1) is 15.8. The van der Waals surface area contributed by atoms with Gasteiger partial charge in [0.25, 0.3) is 5.69 Å². The van der Waals surface area contributed by atoms with Crippen molar-refractivity contribution in [2.75, 3.05) is 18.2 Å². The van der Waals surface area contributed by atoms with E-state index in [-0.39, 0.29) is 34.2 Å². The molecule has 174 valence electrons. The van der Waals surface area contributed by atoms with Gasteiger partial charge < -0.3 is 19.4 Å². The van der Waals surface area contributed by atoms with Gasteiger partial charge in [0.15, 0.2) is 17.1 Å². The molecule has 12 heteroatoms. The first-order valence-electron chi connectivity index (χ1n) is 9.92. The summed E-state index contributed by atoms with van der Waals surface area (Å²) in [5.74, 6) is 1.73. The third-order valence-corrected chi connectivity index (χ3v) is 5.84. The Balaban J connectivity index is 1.63. The zero-order valence-electron chi connectivity index (χ0n) is 18.1. The van der Waals surface area contributed by atoms with Crippen molar-refractivity contribution in [3.63, 3.8) is 0 Å². The zero-order chi connectivity index (χ0) is 24.0. The summed E-state index contributed by atoms with van der Waals surface area (Å²) in [6.45, 7) is 4.41. The topological polar surface area (TPSA) is 121 Å². The van der Waals surface area contributed by atoms with Crippen LogP contribution in [0.1, 0.15) is 25.8 Å². The molecule has 0 bridgehead atoms. The van der Waals surface area contributed by atoms with Gasteiger partial charge in [0, 0.05) is 18.3 Å². The van der Waals surface area contributed by atoms with Crippen molar-refractivity contribution in [2.45, 2.75) is 31.7 Å². The lowest BCUT2D eigenvalue weighted by Gasteiger charge is -2.15. The molecule has 1 N–H and O–H groups in total. The minimum Gasteiger partial charge on any atom is -0.497 e. The predicted molar refractivity (Wildman–Crippen MR) is 125 cm³/mol. The number of aromatic nitrogens is 3. The van der Waals surface area contributed by atoms with Gasteiger partial charge in [0.2, 0.25) is 5.91 Å². The fourth-order valence-electron chi connectivity index (χ4n) is 2.97. The quantitative estimate of drug-likeness (QED) is 0.245.